The lowest BCUT2D eigenvalue weighted by atomic mass is 9.80. The maximum absolute atomic E-state index is 11.8. The highest BCUT2D eigenvalue weighted by molar-refractivity contribution is 7.91. The van der Waals surface area contributed by atoms with Gasteiger partial charge in [0.15, 0.2) is 5.41 Å². The van der Waals surface area contributed by atoms with E-state index in [1.807, 2.05) is 6.07 Å². The van der Waals surface area contributed by atoms with Crippen LogP contribution in [0.25, 0.3) is 0 Å². The third-order valence-corrected chi connectivity index (χ3v) is 5.02. The molecule has 0 N–H and O–H groups in total. The molecule has 0 saturated heterocycles. The predicted octanol–water partition coefficient (Wildman–Crippen LogP) is 0.903. The fraction of sp³-hybridized carbons (Fsp3) is 0.818. The smallest absolute Gasteiger partial charge is 0.326 e. The van der Waals surface area contributed by atoms with Crippen LogP contribution in [0.5, 0.6) is 0 Å². The van der Waals surface area contributed by atoms with E-state index in [0.717, 1.165) is 6.26 Å². The van der Waals surface area contributed by atoms with E-state index in [1.165, 1.54) is 0 Å². The largest absolute Gasteiger partial charge is 0.465 e. The Morgan fingerprint density at radius 3 is 2.53 bits per heavy atom. The first kappa shape index (κ1) is 14.0. The molecule has 0 aliphatic heterocycles. The molecule has 0 aromatic carbocycles. The van der Waals surface area contributed by atoms with Crippen LogP contribution in [0.3, 0.4) is 0 Å². The Morgan fingerprint density at radius 2 is 2.18 bits per heavy atom. The third-order valence-electron chi connectivity index (χ3n) is 3.45. The molecule has 3 atom stereocenters. The van der Waals surface area contributed by atoms with Crippen LogP contribution in [-0.4, -0.2) is 32.5 Å². The first-order chi connectivity index (χ1) is 7.78. The minimum atomic E-state index is -3.22. The van der Waals surface area contributed by atoms with Crippen molar-refractivity contribution in [2.75, 3.05) is 12.9 Å². The Labute approximate surface area is 102 Å². The van der Waals surface area contributed by atoms with Gasteiger partial charge in [0.2, 0.25) is 0 Å². The Balaban J connectivity index is 3.04. The van der Waals surface area contributed by atoms with E-state index in [2.05, 4.69) is 0 Å². The van der Waals surface area contributed by atoms with Crippen LogP contribution in [0.2, 0.25) is 0 Å². The topological polar surface area (TPSA) is 84.2 Å². The molecule has 0 bridgehead atoms. The number of nitriles is 1. The van der Waals surface area contributed by atoms with Crippen LogP contribution in [-0.2, 0) is 19.4 Å². The molecule has 0 aromatic heterocycles. The lowest BCUT2D eigenvalue weighted by Crippen LogP contribution is -2.34. The summed E-state index contributed by atoms with van der Waals surface area (Å²) in [4.78, 5) is 11.8. The standard InChI is InChI=1S/C11H17NO4S/c1-4-16-10(13)11(7-12)6-9(5-8(11)2)17(3,14)15/h8-9H,4-6H2,1-3H3/t8-,9+,11+/m1/s1. The van der Waals surface area contributed by atoms with Crippen LogP contribution in [0, 0.1) is 22.7 Å². The summed E-state index contributed by atoms with van der Waals surface area (Å²) in [5.74, 6) is -0.896. The summed E-state index contributed by atoms with van der Waals surface area (Å²) < 4.78 is 27.9. The summed E-state index contributed by atoms with van der Waals surface area (Å²) in [5, 5.41) is 8.60. The highest BCUT2D eigenvalue weighted by Crippen LogP contribution is 2.46. The first-order valence-corrected chi connectivity index (χ1v) is 7.50. The molecule has 96 valence electrons. The molecule has 6 heteroatoms. The molecule has 0 radical (unpaired) electrons. The molecule has 0 unspecified atom stereocenters. The summed E-state index contributed by atoms with van der Waals surface area (Å²) >= 11 is 0. The SMILES string of the molecule is CCOC(=O)[C@]1(C#N)C[C@@H](S(C)(=O)=O)C[C@H]1C. The van der Waals surface area contributed by atoms with Gasteiger partial charge in [0, 0.05) is 6.26 Å². The molecule has 0 spiro atoms. The van der Waals surface area contributed by atoms with Crippen molar-refractivity contribution in [1.29, 1.82) is 5.26 Å². The number of ether oxygens (including phenoxy) is 1. The van der Waals surface area contributed by atoms with Crippen molar-refractivity contribution in [3.05, 3.63) is 0 Å². The Morgan fingerprint density at radius 1 is 1.59 bits per heavy atom. The Kier molecular flexibility index (Phi) is 3.82. The fourth-order valence-electron chi connectivity index (χ4n) is 2.31. The average Bonchev–Trinajstić information content (AvgIpc) is 2.56. The second kappa shape index (κ2) is 4.65. The second-order valence-electron chi connectivity index (χ2n) is 4.60. The van der Waals surface area contributed by atoms with Crippen molar-refractivity contribution < 1.29 is 17.9 Å². The number of carbonyl (C=O) groups is 1. The number of nitrogens with zero attached hydrogens (tertiary/aromatic N) is 1. The zero-order chi connectivity index (χ0) is 13.3. The Bertz CT molecular complexity index is 451. The normalized spacial score (nSPS) is 33.1. The van der Waals surface area contributed by atoms with Crippen molar-refractivity contribution in [2.45, 2.75) is 31.9 Å². The van der Waals surface area contributed by atoms with Gasteiger partial charge in [-0.3, -0.25) is 4.79 Å². The van der Waals surface area contributed by atoms with Crippen molar-refractivity contribution in [1.82, 2.24) is 0 Å². The first-order valence-electron chi connectivity index (χ1n) is 5.55. The molecule has 17 heavy (non-hydrogen) atoms. The maximum atomic E-state index is 11.8. The van der Waals surface area contributed by atoms with Crippen LogP contribution < -0.4 is 0 Å². The molecule has 5 nitrogen and oxygen atoms in total. The Hall–Kier alpha value is -1.09. The molecule has 1 saturated carbocycles. The molecule has 1 aliphatic rings. The predicted molar refractivity (Wildman–Crippen MR) is 61.7 cm³/mol. The zero-order valence-corrected chi connectivity index (χ0v) is 11.1. The summed E-state index contributed by atoms with van der Waals surface area (Å²) in [6, 6.07) is 1.97. The second-order valence-corrected chi connectivity index (χ2v) is 6.92. The quantitative estimate of drug-likeness (QED) is 0.703. The van der Waals surface area contributed by atoms with Crippen molar-refractivity contribution in [2.24, 2.45) is 11.3 Å². The fourth-order valence-corrected chi connectivity index (χ4v) is 3.52. The third kappa shape index (κ3) is 2.44. The van der Waals surface area contributed by atoms with Gasteiger partial charge < -0.3 is 4.74 Å². The van der Waals surface area contributed by atoms with Crippen molar-refractivity contribution in [3.8, 4) is 6.07 Å². The van der Waals surface area contributed by atoms with Crippen molar-refractivity contribution in [3.63, 3.8) is 0 Å². The minimum Gasteiger partial charge on any atom is -0.465 e. The van der Waals surface area contributed by atoms with Gasteiger partial charge in [-0.05, 0) is 25.7 Å². The number of hydrogen-bond donors (Lipinski definition) is 0. The van der Waals surface area contributed by atoms with Gasteiger partial charge in [0.1, 0.15) is 9.84 Å². The zero-order valence-electron chi connectivity index (χ0n) is 10.3. The molecule has 0 heterocycles. The molecule has 1 rings (SSSR count). The number of sulfone groups is 1. The van der Waals surface area contributed by atoms with E-state index < -0.39 is 26.5 Å². The van der Waals surface area contributed by atoms with E-state index in [-0.39, 0.29) is 18.9 Å². The maximum Gasteiger partial charge on any atom is 0.326 e. The van der Waals surface area contributed by atoms with Crippen molar-refractivity contribution >= 4 is 15.8 Å². The van der Waals surface area contributed by atoms with Crippen LogP contribution in [0.1, 0.15) is 26.7 Å². The molecule has 1 fully saturated rings. The van der Waals surface area contributed by atoms with Crippen LogP contribution in [0.4, 0.5) is 0 Å². The monoisotopic (exact) mass is 259 g/mol. The number of carbonyl (C=O) groups excluding carboxylic acids is 1. The van der Waals surface area contributed by atoms with E-state index in [1.54, 1.807) is 13.8 Å². The average molecular weight is 259 g/mol. The van der Waals surface area contributed by atoms with Gasteiger partial charge in [-0.2, -0.15) is 5.26 Å². The van der Waals surface area contributed by atoms with Crippen LogP contribution >= 0.6 is 0 Å². The lowest BCUT2D eigenvalue weighted by Gasteiger charge is -2.22. The lowest BCUT2D eigenvalue weighted by molar-refractivity contribution is -0.153. The van der Waals surface area contributed by atoms with Gasteiger partial charge in [-0.15, -0.1) is 0 Å². The van der Waals surface area contributed by atoms with Gasteiger partial charge in [0.25, 0.3) is 0 Å². The van der Waals surface area contributed by atoms with E-state index >= 15 is 0 Å². The number of rotatable bonds is 3. The number of esters is 1. The number of hydrogen-bond acceptors (Lipinski definition) is 5. The van der Waals surface area contributed by atoms with E-state index in [9.17, 15) is 18.5 Å². The van der Waals surface area contributed by atoms with Gasteiger partial charge in [-0.25, -0.2) is 8.42 Å². The minimum absolute atomic E-state index is 0.0440. The van der Waals surface area contributed by atoms with E-state index in [4.69, 9.17) is 4.74 Å². The van der Waals surface area contributed by atoms with Gasteiger partial charge in [0.05, 0.1) is 17.9 Å². The molecule has 0 amide bonds. The molecular weight excluding hydrogens is 242 g/mol. The van der Waals surface area contributed by atoms with Crippen LogP contribution in [0.15, 0.2) is 0 Å². The summed E-state index contributed by atoms with van der Waals surface area (Å²) in [7, 11) is -3.22. The molecular formula is C11H17NO4S. The van der Waals surface area contributed by atoms with Gasteiger partial charge >= 0.3 is 5.97 Å². The molecule has 1 aliphatic carbocycles. The van der Waals surface area contributed by atoms with Gasteiger partial charge in [-0.1, -0.05) is 6.92 Å². The summed E-state index contributed by atoms with van der Waals surface area (Å²) in [6.45, 7) is 3.58. The molecule has 0 aromatic rings. The highest BCUT2D eigenvalue weighted by Gasteiger charge is 2.54. The highest BCUT2D eigenvalue weighted by atomic mass is 32.2. The summed E-state index contributed by atoms with van der Waals surface area (Å²) in [6.07, 6.45) is 1.52. The van der Waals surface area contributed by atoms with E-state index in [0.29, 0.717) is 6.42 Å². The summed E-state index contributed by atoms with van der Waals surface area (Å²) in [5.41, 5.74) is -1.30.